The molecule has 34 heavy (non-hydrogen) atoms. The number of carbonyl (C=O) groups excluding carboxylic acids is 1. The van der Waals surface area contributed by atoms with Gasteiger partial charge in [0.2, 0.25) is 5.91 Å². The fourth-order valence-electron chi connectivity index (χ4n) is 4.87. The highest BCUT2D eigenvalue weighted by atomic mass is 16.5. The highest BCUT2D eigenvalue weighted by Gasteiger charge is 2.35. The maximum absolute atomic E-state index is 13.1. The summed E-state index contributed by atoms with van der Waals surface area (Å²) in [6.07, 6.45) is 2.26. The molecule has 5 nitrogen and oxygen atoms in total. The average Bonchev–Trinajstić information content (AvgIpc) is 3.43. The molecule has 1 aliphatic heterocycles. The number of rotatable bonds is 8. The molecule has 0 spiro atoms. The van der Waals surface area contributed by atoms with Crippen LogP contribution in [0.15, 0.2) is 72.8 Å². The second kappa shape index (κ2) is 9.72. The number of ether oxygens (including phenoxy) is 1. The first-order chi connectivity index (χ1) is 16.6. The molecule has 1 fully saturated rings. The van der Waals surface area contributed by atoms with Crippen LogP contribution in [0.4, 0.5) is 5.69 Å². The Morgan fingerprint density at radius 1 is 1.00 bits per heavy atom. The second-order valence-corrected chi connectivity index (χ2v) is 9.01. The number of para-hydroxylation sites is 3. The summed E-state index contributed by atoms with van der Waals surface area (Å²) in [4.78, 5) is 20.0. The van der Waals surface area contributed by atoms with Gasteiger partial charge in [-0.3, -0.25) is 4.79 Å². The Hall–Kier alpha value is -3.60. The third kappa shape index (κ3) is 4.43. The third-order valence-electron chi connectivity index (χ3n) is 6.65. The number of nitrogens with zero attached hydrogens (tertiary/aromatic N) is 3. The Balaban J connectivity index is 1.35. The first-order valence-electron chi connectivity index (χ1n) is 12.2. The molecule has 174 valence electrons. The lowest BCUT2D eigenvalue weighted by Gasteiger charge is -2.20. The van der Waals surface area contributed by atoms with Crippen molar-refractivity contribution >= 4 is 22.6 Å². The summed E-state index contributed by atoms with van der Waals surface area (Å²) >= 11 is 0. The molecular weight excluding hydrogens is 422 g/mol. The number of anilines is 1. The maximum atomic E-state index is 13.1. The minimum absolute atomic E-state index is 0.0721. The molecule has 0 saturated carbocycles. The molecule has 0 radical (unpaired) electrons. The first kappa shape index (κ1) is 22.2. The molecule has 1 amide bonds. The van der Waals surface area contributed by atoms with Crippen molar-refractivity contribution in [3.63, 3.8) is 0 Å². The number of amides is 1. The number of aryl methyl sites for hydroxylation is 3. The van der Waals surface area contributed by atoms with Gasteiger partial charge in [0.1, 0.15) is 11.6 Å². The second-order valence-electron chi connectivity index (χ2n) is 9.01. The Morgan fingerprint density at radius 2 is 1.76 bits per heavy atom. The third-order valence-corrected chi connectivity index (χ3v) is 6.65. The van der Waals surface area contributed by atoms with Crippen LogP contribution in [0.3, 0.4) is 0 Å². The first-order valence-corrected chi connectivity index (χ1v) is 12.2. The molecule has 0 unspecified atom stereocenters. The van der Waals surface area contributed by atoms with Crippen LogP contribution < -0.4 is 9.64 Å². The molecule has 2 heterocycles. The molecule has 1 aromatic heterocycles. The van der Waals surface area contributed by atoms with E-state index < -0.39 is 0 Å². The van der Waals surface area contributed by atoms with Gasteiger partial charge in [0.05, 0.1) is 17.6 Å². The van der Waals surface area contributed by atoms with Crippen molar-refractivity contribution in [1.29, 1.82) is 0 Å². The van der Waals surface area contributed by atoms with Crippen molar-refractivity contribution in [2.45, 2.75) is 45.6 Å². The van der Waals surface area contributed by atoms with E-state index in [-0.39, 0.29) is 11.8 Å². The zero-order valence-electron chi connectivity index (χ0n) is 19.9. The average molecular weight is 454 g/mol. The van der Waals surface area contributed by atoms with Crippen molar-refractivity contribution in [2.75, 3.05) is 18.1 Å². The van der Waals surface area contributed by atoms with Crippen LogP contribution in [0.1, 0.15) is 42.6 Å². The summed E-state index contributed by atoms with van der Waals surface area (Å²) < 4.78 is 8.25. The van der Waals surface area contributed by atoms with Gasteiger partial charge in [-0.1, -0.05) is 55.0 Å². The molecule has 5 heteroatoms. The van der Waals surface area contributed by atoms with Crippen molar-refractivity contribution in [3.05, 3.63) is 89.7 Å². The number of hydrogen-bond donors (Lipinski definition) is 0. The van der Waals surface area contributed by atoms with E-state index in [0.717, 1.165) is 47.7 Å². The zero-order chi connectivity index (χ0) is 23.5. The van der Waals surface area contributed by atoms with Crippen LogP contribution >= 0.6 is 0 Å². The number of carbonyl (C=O) groups is 1. The molecular formula is C29H31N3O2. The molecule has 5 rings (SSSR count). The topological polar surface area (TPSA) is 47.4 Å². The number of hydrogen-bond acceptors (Lipinski definition) is 3. The Kier molecular flexibility index (Phi) is 6.35. The summed E-state index contributed by atoms with van der Waals surface area (Å²) in [6.45, 7) is 6.31. The minimum atomic E-state index is 0.0721. The van der Waals surface area contributed by atoms with Crippen LogP contribution in [0.25, 0.3) is 11.0 Å². The summed E-state index contributed by atoms with van der Waals surface area (Å²) in [6, 6.07) is 24.6. The fourth-order valence-corrected chi connectivity index (χ4v) is 4.87. The van der Waals surface area contributed by atoms with Gasteiger partial charge in [-0.15, -0.1) is 0 Å². The highest BCUT2D eigenvalue weighted by molar-refractivity contribution is 5.97. The predicted molar refractivity (Wildman–Crippen MR) is 137 cm³/mol. The van der Waals surface area contributed by atoms with E-state index in [2.05, 4.69) is 60.9 Å². The van der Waals surface area contributed by atoms with Gasteiger partial charge >= 0.3 is 0 Å². The van der Waals surface area contributed by atoms with Crippen molar-refractivity contribution in [3.8, 4) is 5.75 Å². The Morgan fingerprint density at radius 3 is 2.59 bits per heavy atom. The summed E-state index contributed by atoms with van der Waals surface area (Å²) in [5.41, 5.74) is 5.57. The molecule has 1 saturated heterocycles. The summed E-state index contributed by atoms with van der Waals surface area (Å²) in [5, 5.41) is 0. The van der Waals surface area contributed by atoms with Crippen molar-refractivity contribution < 1.29 is 9.53 Å². The van der Waals surface area contributed by atoms with Crippen LogP contribution in [-0.4, -0.2) is 28.6 Å². The highest BCUT2D eigenvalue weighted by Crippen LogP contribution is 2.34. The number of aromatic nitrogens is 2. The molecule has 4 aromatic rings. The monoisotopic (exact) mass is 453 g/mol. The molecule has 1 aliphatic rings. The van der Waals surface area contributed by atoms with Crippen molar-refractivity contribution in [2.24, 2.45) is 0 Å². The smallest absolute Gasteiger partial charge is 0.227 e. The van der Waals surface area contributed by atoms with Crippen LogP contribution in [0.5, 0.6) is 5.75 Å². The van der Waals surface area contributed by atoms with E-state index >= 15 is 0 Å². The normalized spacial score (nSPS) is 15.9. The van der Waals surface area contributed by atoms with Gasteiger partial charge in [-0.25, -0.2) is 4.98 Å². The van der Waals surface area contributed by atoms with E-state index in [1.165, 1.54) is 11.1 Å². The van der Waals surface area contributed by atoms with Gasteiger partial charge in [0.15, 0.2) is 0 Å². The number of fused-ring (bicyclic) bond motifs is 1. The van der Waals surface area contributed by atoms with E-state index in [1.54, 1.807) is 0 Å². The Labute approximate surface area is 201 Å². The van der Waals surface area contributed by atoms with Crippen LogP contribution in [0.2, 0.25) is 0 Å². The largest absolute Gasteiger partial charge is 0.494 e. The van der Waals surface area contributed by atoms with Gasteiger partial charge < -0.3 is 14.2 Å². The van der Waals surface area contributed by atoms with Gasteiger partial charge in [-0.2, -0.15) is 0 Å². The van der Waals surface area contributed by atoms with E-state index in [1.807, 2.05) is 35.2 Å². The SMILES string of the molecule is CCc1ccccc1N1C[C@@H](c2nc3ccccc3n2CCCOc2ccc(C)cc2)CC1=O. The number of benzene rings is 3. The molecule has 0 bridgehead atoms. The minimum Gasteiger partial charge on any atom is -0.494 e. The lowest BCUT2D eigenvalue weighted by Crippen LogP contribution is -2.25. The van der Waals surface area contributed by atoms with Gasteiger partial charge in [-0.05, 0) is 55.7 Å². The Bertz CT molecular complexity index is 1290. The molecule has 0 N–H and O–H groups in total. The van der Waals surface area contributed by atoms with Crippen LogP contribution in [-0.2, 0) is 17.8 Å². The summed E-state index contributed by atoms with van der Waals surface area (Å²) in [7, 11) is 0. The molecule has 0 aliphatic carbocycles. The lowest BCUT2D eigenvalue weighted by molar-refractivity contribution is -0.117. The lowest BCUT2D eigenvalue weighted by atomic mass is 10.1. The van der Waals surface area contributed by atoms with Gasteiger partial charge in [0, 0.05) is 31.1 Å². The van der Waals surface area contributed by atoms with Gasteiger partial charge in [0.25, 0.3) is 0 Å². The molecule has 1 atom stereocenters. The predicted octanol–water partition coefficient (Wildman–Crippen LogP) is 5.90. The fraction of sp³-hybridized carbons (Fsp3) is 0.310. The molecule has 3 aromatic carbocycles. The van der Waals surface area contributed by atoms with Crippen molar-refractivity contribution in [1.82, 2.24) is 9.55 Å². The number of imidazole rings is 1. The maximum Gasteiger partial charge on any atom is 0.227 e. The standard InChI is InChI=1S/C29H31N3O2/c1-3-22-9-4-6-11-26(22)32-20-23(19-28(32)33)29-30-25-10-5-7-12-27(25)31(29)17-8-18-34-24-15-13-21(2)14-16-24/h4-7,9-16,23H,3,8,17-20H2,1-2H3/t23-/m0/s1. The quantitative estimate of drug-likeness (QED) is 0.312. The summed E-state index contributed by atoms with van der Waals surface area (Å²) in [5.74, 6) is 2.14. The van der Waals surface area contributed by atoms with E-state index in [0.29, 0.717) is 19.6 Å². The zero-order valence-corrected chi connectivity index (χ0v) is 19.9. The van der Waals surface area contributed by atoms with E-state index in [9.17, 15) is 4.79 Å². The van der Waals surface area contributed by atoms with E-state index in [4.69, 9.17) is 9.72 Å². The van der Waals surface area contributed by atoms with Crippen LogP contribution in [0, 0.1) is 6.92 Å².